The van der Waals surface area contributed by atoms with Crippen LogP contribution >= 0.6 is 0 Å². The van der Waals surface area contributed by atoms with Crippen LogP contribution in [-0.4, -0.2) is 9.97 Å². The second-order valence-electron chi connectivity index (χ2n) is 8.91. The minimum absolute atomic E-state index is 0.111. The molecule has 0 amide bonds. The molecule has 31 heavy (non-hydrogen) atoms. The van der Waals surface area contributed by atoms with Crippen LogP contribution < -0.4 is 15.0 Å². The van der Waals surface area contributed by atoms with Crippen LogP contribution in [0.15, 0.2) is 61.1 Å². The van der Waals surface area contributed by atoms with E-state index in [9.17, 15) is 0 Å². The summed E-state index contributed by atoms with van der Waals surface area (Å²) in [5, 5.41) is 2.72. The molecule has 2 atom stereocenters. The summed E-state index contributed by atoms with van der Waals surface area (Å²) in [7, 11) is 2.16. The van der Waals surface area contributed by atoms with E-state index in [0.29, 0.717) is 0 Å². The third kappa shape index (κ3) is 2.16. The van der Waals surface area contributed by atoms with Gasteiger partial charge in [0.15, 0.2) is 6.20 Å². The smallest absolute Gasteiger partial charge is 0.217 e. The Hall–Kier alpha value is -3.59. The number of aromatic nitrogens is 3. The first kappa shape index (κ1) is 17.1. The van der Waals surface area contributed by atoms with E-state index in [1.54, 1.807) is 0 Å². The molecule has 4 aliphatic carbocycles. The number of benzene rings is 2. The largest absolute Gasteiger partial charge is 0.257 e. The lowest BCUT2D eigenvalue weighted by atomic mass is 9.63. The zero-order valence-electron chi connectivity index (χ0n) is 17.6. The molecule has 2 heterocycles. The van der Waals surface area contributed by atoms with E-state index in [1.807, 2.05) is 12.4 Å². The SMILES string of the molecule is Cc1ccccc1-c1c2c(cc[n+]1C)C1c3cc4c(cc3C2c2nccnc21)=CCC=4. The first-order chi connectivity index (χ1) is 15.2. The average molecular weight is 401 g/mol. The third-order valence-electron chi connectivity index (χ3n) is 7.29. The van der Waals surface area contributed by atoms with Crippen molar-refractivity contribution >= 4 is 12.2 Å². The van der Waals surface area contributed by atoms with Gasteiger partial charge in [-0.05, 0) is 52.1 Å². The first-order valence-electron chi connectivity index (χ1n) is 11.0. The zero-order chi connectivity index (χ0) is 20.7. The molecule has 2 aromatic carbocycles. The lowest BCUT2D eigenvalue weighted by Crippen LogP contribution is -2.39. The summed E-state index contributed by atoms with van der Waals surface area (Å²) in [6, 6.07) is 15.8. The summed E-state index contributed by atoms with van der Waals surface area (Å²) < 4.78 is 2.28. The van der Waals surface area contributed by atoms with Crippen molar-refractivity contribution in [3.63, 3.8) is 0 Å². The predicted octanol–water partition coefficient (Wildman–Crippen LogP) is 3.23. The fraction of sp³-hybridized carbons (Fsp3) is 0.179. The molecule has 0 saturated heterocycles. The number of aryl methyl sites for hydroxylation is 2. The van der Waals surface area contributed by atoms with E-state index in [0.717, 1.165) is 17.8 Å². The fourth-order valence-corrected chi connectivity index (χ4v) is 5.95. The molecule has 8 rings (SSSR count). The van der Waals surface area contributed by atoms with Crippen molar-refractivity contribution in [2.75, 3.05) is 0 Å². The maximum atomic E-state index is 4.89. The Balaban J connectivity index is 1.63. The van der Waals surface area contributed by atoms with Crippen LogP contribution in [0.4, 0.5) is 0 Å². The second-order valence-corrected chi connectivity index (χ2v) is 8.91. The van der Waals surface area contributed by atoms with Crippen LogP contribution in [0, 0.1) is 6.92 Å². The van der Waals surface area contributed by atoms with Gasteiger partial charge in [0, 0.05) is 29.6 Å². The molecule has 148 valence electrons. The Morgan fingerprint density at radius 2 is 1.52 bits per heavy atom. The molecule has 4 aromatic rings. The Bertz CT molecular complexity index is 1550. The van der Waals surface area contributed by atoms with Gasteiger partial charge in [-0.25, -0.2) is 4.57 Å². The maximum Gasteiger partial charge on any atom is 0.217 e. The number of hydrogen-bond donors (Lipinski definition) is 0. The zero-order valence-corrected chi connectivity index (χ0v) is 17.6. The van der Waals surface area contributed by atoms with E-state index in [-0.39, 0.29) is 11.8 Å². The molecule has 0 saturated carbocycles. The van der Waals surface area contributed by atoms with E-state index in [2.05, 4.69) is 79.4 Å². The number of fused-ring (bicyclic) bond motifs is 1. The van der Waals surface area contributed by atoms with Crippen LogP contribution in [-0.2, 0) is 7.05 Å². The van der Waals surface area contributed by atoms with Gasteiger partial charge in [0.1, 0.15) is 7.05 Å². The second kappa shape index (κ2) is 5.98. The van der Waals surface area contributed by atoms with E-state index in [1.165, 1.54) is 49.5 Å². The highest BCUT2D eigenvalue weighted by Crippen LogP contribution is 2.55. The highest BCUT2D eigenvalue weighted by Gasteiger charge is 2.47. The summed E-state index contributed by atoms with van der Waals surface area (Å²) in [6.45, 7) is 2.20. The van der Waals surface area contributed by atoms with Gasteiger partial charge >= 0.3 is 0 Å². The van der Waals surface area contributed by atoms with Crippen molar-refractivity contribution in [1.82, 2.24) is 9.97 Å². The van der Waals surface area contributed by atoms with Crippen LogP contribution in [0.2, 0.25) is 0 Å². The Labute approximate surface area is 181 Å². The molecule has 0 N–H and O–H groups in total. The summed E-state index contributed by atoms with van der Waals surface area (Å²) in [6.07, 6.45) is 11.6. The summed E-state index contributed by atoms with van der Waals surface area (Å²) in [5.41, 5.74) is 11.7. The van der Waals surface area contributed by atoms with Crippen molar-refractivity contribution in [2.45, 2.75) is 25.2 Å². The Morgan fingerprint density at radius 1 is 0.839 bits per heavy atom. The predicted molar refractivity (Wildman–Crippen MR) is 121 cm³/mol. The first-order valence-corrected chi connectivity index (χ1v) is 11.0. The van der Waals surface area contributed by atoms with Crippen molar-refractivity contribution in [3.05, 3.63) is 111 Å². The van der Waals surface area contributed by atoms with Crippen LogP contribution in [0.25, 0.3) is 23.4 Å². The molecular weight excluding hydrogens is 378 g/mol. The normalized spacial score (nSPS) is 19.0. The molecule has 2 bridgehead atoms. The number of rotatable bonds is 1. The monoisotopic (exact) mass is 400 g/mol. The highest BCUT2D eigenvalue weighted by atomic mass is 14.9. The van der Waals surface area contributed by atoms with Gasteiger partial charge in [0.25, 0.3) is 0 Å². The van der Waals surface area contributed by atoms with E-state index in [4.69, 9.17) is 9.97 Å². The van der Waals surface area contributed by atoms with Crippen LogP contribution in [0.3, 0.4) is 0 Å². The molecule has 3 heteroatoms. The highest BCUT2D eigenvalue weighted by molar-refractivity contribution is 5.75. The molecule has 2 aromatic heterocycles. The Morgan fingerprint density at radius 3 is 2.26 bits per heavy atom. The third-order valence-corrected chi connectivity index (χ3v) is 7.29. The van der Waals surface area contributed by atoms with Gasteiger partial charge in [-0.2, -0.15) is 0 Å². The van der Waals surface area contributed by atoms with Crippen molar-refractivity contribution < 1.29 is 4.57 Å². The van der Waals surface area contributed by atoms with Crippen molar-refractivity contribution in [2.24, 2.45) is 7.05 Å². The molecule has 0 radical (unpaired) electrons. The lowest BCUT2D eigenvalue weighted by Gasteiger charge is -2.40. The average Bonchev–Trinajstić information content (AvgIpc) is 3.25. The lowest BCUT2D eigenvalue weighted by molar-refractivity contribution is -0.660. The van der Waals surface area contributed by atoms with Gasteiger partial charge in [-0.3, -0.25) is 9.97 Å². The van der Waals surface area contributed by atoms with Gasteiger partial charge in [-0.1, -0.05) is 42.5 Å². The minimum atomic E-state index is 0.111. The fourth-order valence-electron chi connectivity index (χ4n) is 5.95. The molecule has 0 fully saturated rings. The summed E-state index contributed by atoms with van der Waals surface area (Å²) in [5.74, 6) is 0.252. The molecule has 0 spiro atoms. The molecule has 3 nitrogen and oxygen atoms in total. The van der Waals surface area contributed by atoms with Gasteiger partial charge < -0.3 is 0 Å². The van der Waals surface area contributed by atoms with E-state index >= 15 is 0 Å². The summed E-state index contributed by atoms with van der Waals surface area (Å²) >= 11 is 0. The Kier molecular flexibility index (Phi) is 3.30. The number of pyridine rings is 1. The van der Waals surface area contributed by atoms with E-state index < -0.39 is 0 Å². The van der Waals surface area contributed by atoms with Gasteiger partial charge in [0.05, 0.1) is 23.2 Å². The summed E-state index contributed by atoms with van der Waals surface area (Å²) in [4.78, 5) is 9.74. The van der Waals surface area contributed by atoms with Crippen molar-refractivity contribution in [1.29, 1.82) is 0 Å². The number of hydrogen-bond acceptors (Lipinski definition) is 2. The van der Waals surface area contributed by atoms with Crippen LogP contribution in [0.1, 0.15) is 57.5 Å². The minimum Gasteiger partial charge on any atom is -0.257 e. The standard InChI is InChI=1S/C28H22N3/c1-16-6-3-4-9-19(16)28-25-20(10-13-31(28)2)23-21-14-17-7-5-8-18(17)15-22(21)24(25)27-26(23)29-11-12-30-27/h3-4,6-15,23-24H,5H2,1-2H3/q+1. The number of nitrogens with zero attached hydrogens (tertiary/aromatic N) is 3. The van der Waals surface area contributed by atoms with Crippen molar-refractivity contribution in [3.8, 4) is 11.3 Å². The van der Waals surface area contributed by atoms with Crippen LogP contribution in [0.5, 0.6) is 0 Å². The van der Waals surface area contributed by atoms with Gasteiger partial charge in [-0.15, -0.1) is 0 Å². The molecular formula is C28H22N3+. The molecule has 0 aliphatic heterocycles. The molecule has 4 aliphatic rings. The topological polar surface area (TPSA) is 29.7 Å². The van der Waals surface area contributed by atoms with Gasteiger partial charge in [0.2, 0.25) is 5.69 Å². The maximum absolute atomic E-state index is 4.89. The quantitative estimate of drug-likeness (QED) is 0.397. The molecule has 2 unspecified atom stereocenters.